The van der Waals surface area contributed by atoms with Crippen LogP contribution in [-0.2, 0) is 0 Å². The smallest absolute Gasteiger partial charge is 0.129 e. The number of benzene rings is 1. The van der Waals surface area contributed by atoms with Gasteiger partial charge in [-0.3, -0.25) is 4.98 Å². The Labute approximate surface area is 111 Å². The van der Waals surface area contributed by atoms with Crippen molar-refractivity contribution in [1.82, 2.24) is 4.98 Å². The zero-order valence-corrected chi connectivity index (χ0v) is 10.6. The second kappa shape index (κ2) is 4.90. The predicted octanol–water partition coefficient (Wildman–Crippen LogP) is 2.65. The summed E-state index contributed by atoms with van der Waals surface area (Å²) in [5, 5.41) is 10.2. The summed E-state index contributed by atoms with van der Waals surface area (Å²) in [7, 11) is 1.61. The molecule has 98 valence electrons. The highest BCUT2D eigenvalue weighted by molar-refractivity contribution is 5.43. The molecular weight excluding hydrogens is 242 g/mol. The summed E-state index contributed by atoms with van der Waals surface area (Å²) in [4.78, 5) is 4.09. The number of hydrogen-bond donors (Lipinski definition) is 1. The second-order valence-corrected chi connectivity index (χ2v) is 4.55. The molecule has 0 saturated carbocycles. The molecule has 1 unspecified atom stereocenters. The van der Waals surface area contributed by atoms with Crippen LogP contribution >= 0.6 is 0 Å². The summed E-state index contributed by atoms with van der Waals surface area (Å²) in [6.45, 7) is 0. The first-order chi connectivity index (χ1) is 9.28. The molecular formula is C15H15NO3. The molecule has 3 rings (SSSR count). The second-order valence-electron chi connectivity index (χ2n) is 4.55. The Morgan fingerprint density at radius 2 is 2.26 bits per heavy atom. The Kier molecular flexibility index (Phi) is 3.09. The lowest BCUT2D eigenvalue weighted by Gasteiger charge is -2.29. The van der Waals surface area contributed by atoms with Crippen molar-refractivity contribution in [3.05, 3.63) is 53.9 Å². The SMILES string of the molecule is COc1ccc2c(c1)OC(c1cccnc1)C[C@@H]2O. The van der Waals surface area contributed by atoms with E-state index in [4.69, 9.17) is 9.47 Å². The minimum atomic E-state index is -0.528. The third-order valence-corrected chi connectivity index (χ3v) is 3.34. The van der Waals surface area contributed by atoms with Crippen LogP contribution in [0.1, 0.15) is 29.8 Å². The van der Waals surface area contributed by atoms with E-state index in [-0.39, 0.29) is 6.10 Å². The lowest BCUT2D eigenvalue weighted by atomic mass is 9.96. The monoisotopic (exact) mass is 257 g/mol. The molecule has 2 heterocycles. The Balaban J connectivity index is 1.94. The molecule has 1 aromatic carbocycles. The summed E-state index contributed by atoms with van der Waals surface area (Å²) in [5.41, 5.74) is 1.77. The standard InChI is InChI=1S/C15H15NO3/c1-18-11-4-5-12-13(17)8-14(19-15(12)7-11)10-3-2-6-16-9-10/h2-7,9,13-14,17H,8H2,1H3/t13-,14?/m0/s1. The quantitative estimate of drug-likeness (QED) is 0.898. The maximum Gasteiger partial charge on any atom is 0.129 e. The third-order valence-electron chi connectivity index (χ3n) is 3.34. The van der Waals surface area contributed by atoms with Gasteiger partial charge in [-0.05, 0) is 18.2 Å². The highest BCUT2D eigenvalue weighted by atomic mass is 16.5. The maximum atomic E-state index is 10.2. The van der Waals surface area contributed by atoms with Gasteiger partial charge in [-0.1, -0.05) is 6.07 Å². The van der Waals surface area contributed by atoms with Crippen LogP contribution in [0.3, 0.4) is 0 Å². The zero-order valence-electron chi connectivity index (χ0n) is 10.6. The highest BCUT2D eigenvalue weighted by Crippen LogP contribution is 2.41. The summed E-state index contributed by atoms with van der Waals surface area (Å²) >= 11 is 0. The Morgan fingerprint density at radius 1 is 1.37 bits per heavy atom. The van der Waals surface area contributed by atoms with E-state index in [1.54, 1.807) is 25.6 Å². The third kappa shape index (κ3) is 2.27. The summed E-state index contributed by atoms with van der Waals surface area (Å²) in [5.74, 6) is 1.39. The number of pyridine rings is 1. The molecule has 4 heteroatoms. The van der Waals surface area contributed by atoms with E-state index in [2.05, 4.69) is 4.98 Å². The van der Waals surface area contributed by atoms with Gasteiger partial charge >= 0.3 is 0 Å². The molecule has 0 saturated heterocycles. The Morgan fingerprint density at radius 3 is 3.00 bits per heavy atom. The number of aromatic nitrogens is 1. The van der Waals surface area contributed by atoms with Crippen molar-refractivity contribution in [2.45, 2.75) is 18.6 Å². The summed E-state index contributed by atoms with van der Waals surface area (Å²) in [6, 6.07) is 9.30. The molecule has 1 aliphatic rings. The fourth-order valence-electron chi connectivity index (χ4n) is 2.32. The van der Waals surface area contributed by atoms with E-state index < -0.39 is 6.10 Å². The number of nitrogens with zero attached hydrogens (tertiary/aromatic N) is 1. The zero-order chi connectivity index (χ0) is 13.2. The van der Waals surface area contributed by atoms with Gasteiger partial charge in [-0.15, -0.1) is 0 Å². The number of aliphatic hydroxyl groups excluding tert-OH is 1. The molecule has 0 bridgehead atoms. The van der Waals surface area contributed by atoms with E-state index in [9.17, 15) is 5.11 Å². The lowest BCUT2D eigenvalue weighted by molar-refractivity contribution is 0.0653. The Hall–Kier alpha value is -2.07. The number of aliphatic hydroxyl groups is 1. The van der Waals surface area contributed by atoms with Gasteiger partial charge in [-0.25, -0.2) is 0 Å². The van der Waals surface area contributed by atoms with Gasteiger partial charge in [-0.2, -0.15) is 0 Å². The largest absolute Gasteiger partial charge is 0.497 e. The van der Waals surface area contributed by atoms with Crippen molar-refractivity contribution in [2.24, 2.45) is 0 Å². The normalized spacial score (nSPS) is 21.4. The van der Waals surface area contributed by atoms with Crippen LogP contribution in [0.5, 0.6) is 11.5 Å². The molecule has 0 fully saturated rings. The van der Waals surface area contributed by atoms with Gasteiger partial charge in [0.25, 0.3) is 0 Å². The van der Waals surface area contributed by atoms with Crippen LogP contribution in [0, 0.1) is 0 Å². The van der Waals surface area contributed by atoms with Crippen molar-refractivity contribution in [3.63, 3.8) is 0 Å². The van der Waals surface area contributed by atoms with Crippen molar-refractivity contribution in [3.8, 4) is 11.5 Å². The molecule has 2 aromatic rings. The van der Waals surface area contributed by atoms with Gasteiger partial charge in [0, 0.05) is 36.0 Å². The van der Waals surface area contributed by atoms with Crippen LogP contribution in [-0.4, -0.2) is 17.2 Å². The van der Waals surface area contributed by atoms with E-state index in [1.165, 1.54) is 0 Å². The summed E-state index contributed by atoms with van der Waals surface area (Å²) in [6.07, 6.45) is 3.32. The average Bonchev–Trinajstić information content (AvgIpc) is 2.47. The van der Waals surface area contributed by atoms with E-state index >= 15 is 0 Å². The van der Waals surface area contributed by atoms with Gasteiger partial charge in [0.05, 0.1) is 13.2 Å². The predicted molar refractivity (Wildman–Crippen MR) is 70.2 cm³/mol. The Bertz CT molecular complexity index is 571. The van der Waals surface area contributed by atoms with Crippen LogP contribution in [0.2, 0.25) is 0 Å². The molecule has 0 spiro atoms. The minimum Gasteiger partial charge on any atom is -0.497 e. The van der Waals surface area contributed by atoms with Crippen LogP contribution in [0.25, 0.3) is 0 Å². The molecule has 0 radical (unpaired) electrons. The van der Waals surface area contributed by atoms with E-state index in [1.807, 2.05) is 24.3 Å². The molecule has 4 nitrogen and oxygen atoms in total. The summed E-state index contributed by atoms with van der Waals surface area (Å²) < 4.78 is 11.1. The van der Waals surface area contributed by atoms with Gasteiger partial charge in [0.15, 0.2) is 0 Å². The van der Waals surface area contributed by atoms with Crippen molar-refractivity contribution < 1.29 is 14.6 Å². The van der Waals surface area contributed by atoms with E-state index in [0.717, 1.165) is 16.9 Å². The average molecular weight is 257 g/mol. The molecule has 2 atom stereocenters. The van der Waals surface area contributed by atoms with Crippen LogP contribution < -0.4 is 9.47 Å². The molecule has 1 aromatic heterocycles. The molecule has 19 heavy (non-hydrogen) atoms. The first kappa shape index (κ1) is 12.0. The molecule has 0 aliphatic carbocycles. The molecule has 1 N–H and O–H groups in total. The maximum absolute atomic E-state index is 10.2. The van der Waals surface area contributed by atoms with Crippen molar-refractivity contribution >= 4 is 0 Å². The number of ether oxygens (including phenoxy) is 2. The van der Waals surface area contributed by atoms with E-state index in [0.29, 0.717) is 12.2 Å². The first-order valence-electron chi connectivity index (χ1n) is 6.20. The number of methoxy groups -OCH3 is 1. The molecule has 0 amide bonds. The van der Waals surface area contributed by atoms with Gasteiger partial charge in [0.2, 0.25) is 0 Å². The minimum absolute atomic E-state index is 0.177. The van der Waals surface area contributed by atoms with Crippen molar-refractivity contribution in [2.75, 3.05) is 7.11 Å². The van der Waals surface area contributed by atoms with Crippen LogP contribution in [0.15, 0.2) is 42.7 Å². The lowest BCUT2D eigenvalue weighted by Crippen LogP contribution is -2.19. The van der Waals surface area contributed by atoms with Crippen molar-refractivity contribution in [1.29, 1.82) is 0 Å². The van der Waals surface area contributed by atoms with Crippen LogP contribution in [0.4, 0.5) is 0 Å². The highest BCUT2D eigenvalue weighted by Gasteiger charge is 2.28. The fourth-order valence-corrected chi connectivity index (χ4v) is 2.32. The number of fused-ring (bicyclic) bond motifs is 1. The van der Waals surface area contributed by atoms with Gasteiger partial charge in [0.1, 0.15) is 17.6 Å². The van der Waals surface area contributed by atoms with Gasteiger partial charge < -0.3 is 14.6 Å². The fraction of sp³-hybridized carbons (Fsp3) is 0.267. The topological polar surface area (TPSA) is 51.6 Å². The number of hydrogen-bond acceptors (Lipinski definition) is 4. The molecule has 1 aliphatic heterocycles. The number of rotatable bonds is 2. The first-order valence-corrected chi connectivity index (χ1v) is 6.20.